The molecule has 0 aromatic carbocycles. The van der Waals surface area contributed by atoms with E-state index in [1.165, 1.54) is 0 Å². The lowest BCUT2D eigenvalue weighted by Gasteiger charge is -2.13. The Hall–Kier alpha value is -2.38. The van der Waals surface area contributed by atoms with Crippen LogP contribution in [0.2, 0.25) is 0 Å². The SMILES string of the molecule is CNc1nc(NC(C)CC(N)=O)c2cn[nH]c2n1. The third-order valence-electron chi connectivity index (χ3n) is 2.42. The molecule has 0 radical (unpaired) electrons. The molecule has 96 valence electrons. The molecule has 18 heavy (non-hydrogen) atoms. The number of primary amides is 1. The number of anilines is 2. The maximum Gasteiger partial charge on any atom is 0.226 e. The van der Waals surface area contributed by atoms with Gasteiger partial charge in [-0.3, -0.25) is 9.89 Å². The lowest BCUT2D eigenvalue weighted by atomic mass is 10.2. The maximum absolute atomic E-state index is 10.9. The second-order valence-corrected chi connectivity index (χ2v) is 3.99. The van der Waals surface area contributed by atoms with Crippen molar-refractivity contribution in [1.82, 2.24) is 20.2 Å². The van der Waals surface area contributed by atoms with E-state index in [4.69, 9.17) is 5.73 Å². The first-order chi connectivity index (χ1) is 8.60. The van der Waals surface area contributed by atoms with Crippen LogP contribution in [0.5, 0.6) is 0 Å². The molecule has 0 spiro atoms. The van der Waals surface area contributed by atoms with Crippen molar-refractivity contribution >= 4 is 28.7 Å². The molecule has 8 heteroatoms. The van der Waals surface area contributed by atoms with Gasteiger partial charge in [0.05, 0.1) is 11.6 Å². The fraction of sp³-hybridized carbons (Fsp3) is 0.400. The van der Waals surface area contributed by atoms with Crippen LogP contribution in [-0.4, -0.2) is 39.2 Å². The van der Waals surface area contributed by atoms with E-state index < -0.39 is 0 Å². The number of hydrogen-bond donors (Lipinski definition) is 4. The minimum absolute atomic E-state index is 0.111. The average Bonchev–Trinajstić information content (AvgIpc) is 2.75. The Morgan fingerprint density at radius 1 is 1.56 bits per heavy atom. The molecule has 0 bridgehead atoms. The van der Waals surface area contributed by atoms with Gasteiger partial charge in [-0.25, -0.2) is 0 Å². The number of carbonyl (C=O) groups excluding carboxylic acids is 1. The largest absolute Gasteiger partial charge is 0.370 e. The summed E-state index contributed by atoms with van der Waals surface area (Å²) in [4.78, 5) is 19.4. The van der Waals surface area contributed by atoms with Crippen molar-refractivity contribution in [2.24, 2.45) is 5.73 Å². The van der Waals surface area contributed by atoms with Crippen molar-refractivity contribution in [1.29, 1.82) is 0 Å². The summed E-state index contributed by atoms with van der Waals surface area (Å²) in [5.41, 5.74) is 5.78. The normalized spacial score (nSPS) is 12.3. The third-order valence-corrected chi connectivity index (χ3v) is 2.42. The number of nitrogens with zero attached hydrogens (tertiary/aromatic N) is 3. The highest BCUT2D eigenvalue weighted by molar-refractivity contribution is 5.87. The second-order valence-electron chi connectivity index (χ2n) is 3.99. The highest BCUT2D eigenvalue weighted by atomic mass is 16.1. The fourth-order valence-corrected chi connectivity index (χ4v) is 1.64. The van der Waals surface area contributed by atoms with E-state index in [-0.39, 0.29) is 18.4 Å². The number of hydrogen-bond acceptors (Lipinski definition) is 6. The first kappa shape index (κ1) is 12.1. The van der Waals surface area contributed by atoms with Crippen molar-refractivity contribution in [2.45, 2.75) is 19.4 Å². The molecular weight excluding hydrogens is 234 g/mol. The molecule has 0 aliphatic carbocycles. The highest BCUT2D eigenvalue weighted by Gasteiger charge is 2.12. The summed E-state index contributed by atoms with van der Waals surface area (Å²) < 4.78 is 0. The van der Waals surface area contributed by atoms with Gasteiger partial charge in [0.25, 0.3) is 0 Å². The van der Waals surface area contributed by atoms with E-state index in [1.54, 1.807) is 13.2 Å². The second kappa shape index (κ2) is 4.86. The number of carbonyl (C=O) groups is 1. The van der Waals surface area contributed by atoms with Gasteiger partial charge in [0.2, 0.25) is 11.9 Å². The Balaban J connectivity index is 2.30. The van der Waals surface area contributed by atoms with Crippen LogP contribution in [0.25, 0.3) is 11.0 Å². The van der Waals surface area contributed by atoms with Crippen LogP contribution in [-0.2, 0) is 4.79 Å². The first-order valence-electron chi connectivity index (χ1n) is 5.54. The minimum Gasteiger partial charge on any atom is -0.370 e. The predicted molar refractivity (Wildman–Crippen MR) is 68.1 cm³/mol. The molecule has 1 unspecified atom stereocenters. The van der Waals surface area contributed by atoms with Gasteiger partial charge < -0.3 is 16.4 Å². The van der Waals surface area contributed by atoms with E-state index in [0.29, 0.717) is 17.4 Å². The summed E-state index contributed by atoms with van der Waals surface area (Å²) in [6.45, 7) is 1.86. The Morgan fingerprint density at radius 3 is 3.00 bits per heavy atom. The first-order valence-corrected chi connectivity index (χ1v) is 5.54. The van der Waals surface area contributed by atoms with E-state index in [2.05, 4.69) is 30.8 Å². The third kappa shape index (κ3) is 2.47. The van der Waals surface area contributed by atoms with Crippen LogP contribution in [0.4, 0.5) is 11.8 Å². The summed E-state index contributed by atoms with van der Waals surface area (Å²) >= 11 is 0. The molecular formula is C10H15N7O. The van der Waals surface area contributed by atoms with Crippen LogP contribution >= 0.6 is 0 Å². The Labute approximate surface area is 103 Å². The van der Waals surface area contributed by atoms with Gasteiger partial charge in [-0.05, 0) is 6.92 Å². The molecule has 1 amide bonds. The Morgan fingerprint density at radius 2 is 2.33 bits per heavy atom. The van der Waals surface area contributed by atoms with E-state index in [9.17, 15) is 4.79 Å². The van der Waals surface area contributed by atoms with Crippen molar-refractivity contribution in [3.8, 4) is 0 Å². The summed E-state index contributed by atoms with van der Waals surface area (Å²) in [5, 5.41) is 13.5. The summed E-state index contributed by atoms with van der Waals surface area (Å²) in [6.07, 6.45) is 1.87. The van der Waals surface area contributed by atoms with Crippen LogP contribution in [0.15, 0.2) is 6.20 Å². The zero-order chi connectivity index (χ0) is 13.1. The number of amides is 1. The van der Waals surface area contributed by atoms with Gasteiger partial charge in [-0.1, -0.05) is 0 Å². The molecule has 2 aromatic heterocycles. The standard InChI is InChI=1S/C10H15N7O/c1-5(3-7(11)18)14-8-6-4-13-17-9(6)16-10(12-2)15-8/h4-5H,3H2,1-2H3,(H2,11,18)(H3,12,13,14,15,16,17). The molecule has 2 heterocycles. The van der Waals surface area contributed by atoms with Gasteiger partial charge >= 0.3 is 0 Å². The molecule has 2 aromatic rings. The molecule has 1 atom stereocenters. The topological polar surface area (TPSA) is 122 Å². The number of nitrogens with one attached hydrogen (secondary N) is 3. The molecule has 5 N–H and O–H groups in total. The molecule has 2 rings (SSSR count). The van der Waals surface area contributed by atoms with Crippen LogP contribution in [0, 0.1) is 0 Å². The van der Waals surface area contributed by atoms with Gasteiger partial charge in [0, 0.05) is 19.5 Å². The quantitative estimate of drug-likeness (QED) is 0.595. The van der Waals surface area contributed by atoms with Gasteiger partial charge in [0.15, 0.2) is 5.65 Å². The maximum atomic E-state index is 10.9. The summed E-state index contributed by atoms with van der Waals surface area (Å²) in [5.74, 6) is 0.730. The van der Waals surface area contributed by atoms with E-state index in [0.717, 1.165) is 5.39 Å². The highest BCUT2D eigenvalue weighted by Crippen LogP contribution is 2.20. The lowest BCUT2D eigenvalue weighted by molar-refractivity contribution is -0.118. The number of rotatable bonds is 5. The monoisotopic (exact) mass is 249 g/mol. The van der Waals surface area contributed by atoms with Gasteiger partial charge in [-0.15, -0.1) is 0 Å². The molecule has 0 fully saturated rings. The summed E-state index contributed by atoms with van der Waals surface area (Å²) in [6, 6.07) is -0.111. The van der Waals surface area contributed by atoms with Crippen LogP contribution in [0.3, 0.4) is 0 Å². The van der Waals surface area contributed by atoms with E-state index >= 15 is 0 Å². The zero-order valence-corrected chi connectivity index (χ0v) is 10.2. The minimum atomic E-state index is -0.360. The van der Waals surface area contributed by atoms with Gasteiger partial charge in [-0.2, -0.15) is 15.1 Å². The average molecular weight is 249 g/mol. The van der Waals surface area contributed by atoms with Crippen molar-refractivity contribution < 1.29 is 4.79 Å². The van der Waals surface area contributed by atoms with Crippen LogP contribution < -0.4 is 16.4 Å². The summed E-state index contributed by atoms with van der Waals surface area (Å²) in [7, 11) is 1.73. The number of fused-ring (bicyclic) bond motifs is 1. The van der Waals surface area contributed by atoms with Crippen molar-refractivity contribution in [2.75, 3.05) is 17.7 Å². The number of nitrogens with two attached hydrogens (primary N) is 1. The fourth-order valence-electron chi connectivity index (χ4n) is 1.64. The molecule has 0 saturated carbocycles. The van der Waals surface area contributed by atoms with Crippen molar-refractivity contribution in [3.05, 3.63) is 6.20 Å². The molecule has 0 saturated heterocycles. The molecule has 0 aliphatic heterocycles. The zero-order valence-electron chi connectivity index (χ0n) is 10.2. The van der Waals surface area contributed by atoms with Crippen molar-refractivity contribution in [3.63, 3.8) is 0 Å². The predicted octanol–water partition coefficient (Wildman–Crippen LogP) is 0.0704. The van der Waals surface area contributed by atoms with Gasteiger partial charge in [0.1, 0.15) is 5.82 Å². The molecule has 0 aliphatic rings. The van der Waals surface area contributed by atoms with E-state index in [1.807, 2.05) is 6.92 Å². The Kier molecular flexibility index (Phi) is 3.26. The Bertz CT molecular complexity index is 564. The number of aromatic nitrogens is 4. The number of aromatic amines is 1. The molecule has 8 nitrogen and oxygen atoms in total. The number of H-pyrrole nitrogens is 1. The smallest absolute Gasteiger partial charge is 0.226 e. The lowest BCUT2D eigenvalue weighted by Crippen LogP contribution is -2.24. The van der Waals surface area contributed by atoms with Crippen LogP contribution in [0.1, 0.15) is 13.3 Å².